The van der Waals surface area contributed by atoms with Gasteiger partial charge in [-0.15, -0.1) is 0 Å². The summed E-state index contributed by atoms with van der Waals surface area (Å²) in [4.78, 5) is 14.6. The molecular weight excluding hydrogens is 228 g/mol. The fourth-order valence-corrected chi connectivity index (χ4v) is 1.16. The van der Waals surface area contributed by atoms with Gasteiger partial charge in [-0.2, -0.15) is 0 Å². The molecule has 8 N–H and O–H groups in total. The van der Waals surface area contributed by atoms with Crippen molar-refractivity contribution in [2.75, 3.05) is 19.7 Å². The zero-order valence-corrected chi connectivity index (χ0v) is 9.54. The fourth-order valence-electron chi connectivity index (χ4n) is 1.16. The maximum Gasteiger partial charge on any atom is 0.320 e. The van der Waals surface area contributed by atoms with E-state index in [0.717, 1.165) is 0 Å². The Labute approximate surface area is 99.3 Å². The quantitative estimate of drug-likeness (QED) is 0.149. The number of hydrogen-bond donors (Lipinski definition) is 6. The van der Waals surface area contributed by atoms with E-state index >= 15 is 0 Å². The Morgan fingerprint density at radius 3 is 2.53 bits per heavy atom. The first kappa shape index (κ1) is 15.6. The molecule has 0 aromatic rings. The summed E-state index contributed by atoms with van der Waals surface area (Å²) in [5.74, 6) is -1.04. The van der Waals surface area contributed by atoms with Crippen molar-refractivity contribution in [3.05, 3.63) is 0 Å². The second kappa shape index (κ2) is 8.74. The number of carboxylic acids is 1. The average Bonchev–Trinajstić information content (AvgIpc) is 2.26. The molecule has 0 aliphatic rings. The molecule has 0 aliphatic carbocycles. The van der Waals surface area contributed by atoms with E-state index in [1.807, 2.05) is 0 Å². The Morgan fingerprint density at radius 2 is 2.06 bits per heavy atom. The minimum absolute atomic E-state index is 0.0236. The Hall–Kier alpha value is -1.38. The smallest absolute Gasteiger partial charge is 0.320 e. The van der Waals surface area contributed by atoms with Crippen LogP contribution < -0.4 is 16.8 Å². The molecule has 0 bridgehead atoms. The molecule has 8 heteroatoms. The van der Waals surface area contributed by atoms with Gasteiger partial charge in [0.1, 0.15) is 6.04 Å². The van der Waals surface area contributed by atoms with Gasteiger partial charge in [0.05, 0.1) is 12.7 Å². The van der Waals surface area contributed by atoms with Crippen molar-refractivity contribution in [2.24, 2.45) is 16.5 Å². The minimum Gasteiger partial charge on any atom is -0.480 e. The number of carbonyl (C=O) groups is 1. The number of aliphatic hydroxyl groups excluding tert-OH is 2. The van der Waals surface area contributed by atoms with Crippen molar-refractivity contribution in [1.29, 1.82) is 0 Å². The molecule has 0 heterocycles. The summed E-state index contributed by atoms with van der Waals surface area (Å²) in [5.41, 5.74) is 10.2. The number of carboxylic acid groups (broad SMARTS) is 1. The molecule has 0 spiro atoms. The summed E-state index contributed by atoms with van der Waals surface area (Å²) in [6, 6.07) is -0.787. The van der Waals surface area contributed by atoms with E-state index in [4.69, 9.17) is 26.8 Å². The molecule has 0 fully saturated rings. The van der Waals surface area contributed by atoms with E-state index in [2.05, 4.69) is 10.3 Å². The third kappa shape index (κ3) is 8.43. The highest BCUT2D eigenvalue weighted by atomic mass is 16.4. The van der Waals surface area contributed by atoms with Crippen molar-refractivity contribution < 1.29 is 20.1 Å². The number of nitrogens with two attached hydrogens (primary N) is 2. The third-order valence-corrected chi connectivity index (χ3v) is 2.05. The van der Waals surface area contributed by atoms with Crippen molar-refractivity contribution in [3.8, 4) is 0 Å². The Morgan fingerprint density at radius 1 is 1.41 bits per heavy atom. The lowest BCUT2D eigenvalue weighted by atomic mass is 10.1. The van der Waals surface area contributed by atoms with E-state index in [0.29, 0.717) is 19.4 Å². The third-order valence-electron chi connectivity index (χ3n) is 2.05. The second-order valence-electron chi connectivity index (χ2n) is 3.58. The molecule has 2 atom stereocenters. The summed E-state index contributed by atoms with van der Waals surface area (Å²) < 4.78 is 0. The van der Waals surface area contributed by atoms with Crippen LogP contribution in [0.2, 0.25) is 0 Å². The number of nitrogens with zero attached hydrogens (tertiary/aromatic N) is 1. The van der Waals surface area contributed by atoms with Gasteiger partial charge in [-0.25, -0.2) is 0 Å². The molecular formula is C9H20N4O4. The van der Waals surface area contributed by atoms with Gasteiger partial charge in [-0.05, 0) is 12.8 Å². The summed E-state index contributed by atoms with van der Waals surface area (Å²) in [6.07, 6.45) is -0.115. The number of aliphatic imine (C=N–C) groups is 1. The molecule has 17 heavy (non-hydrogen) atoms. The molecule has 0 rings (SSSR count). The van der Waals surface area contributed by atoms with Crippen LogP contribution in [0.15, 0.2) is 4.99 Å². The topological polar surface area (TPSA) is 154 Å². The van der Waals surface area contributed by atoms with Gasteiger partial charge in [-0.1, -0.05) is 0 Å². The number of guanidine groups is 1. The highest BCUT2D eigenvalue weighted by molar-refractivity contribution is 5.75. The lowest BCUT2D eigenvalue weighted by Gasteiger charge is -2.15. The molecule has 0 aromatic carbocycles. The SMILES string of the molecule is NC(N)=NCCC[C@H](NCC(O)CO)C(=O)O. The number of aliphatic carboxylic acids is 1. The van der Waals surface area contributed by atoms with E-state index in [-0.39, 0.29) is 12.5 Å². The largest absolute Gasteiger partial charge is 0.480 e. The van der Waals surface area contributed by atoms with Crippen LogP contribution in [-0.4, -0.2) is 59.1 Å². The van der Waals surface area contributed by atoms with Crippen molar-refractivity contribution in [2.45, 2.75) is 25.0 Å². The number of nitrogens with one attached hydrogen (secondary N) is 1. The van der Waals surface area contributed by atoms with Crippen LogP contribution in [0.5, 0.6) is 0 Å². The predicted molar refractivity (Wildman–Crippen MR) is 62.4 cm³/mol. The van der Waals surface area contributed by atoms with Crippen molar-refractivity contribution >= 4 is 11.9 Å². The van der Waals surface area contributed by atoms with E-state index < -0.39 is 24.7 Å². The summed E-state index contributed by atoms with van der Waals surface area (Å²) in [5, 5.41) is 29.2. The molecule has 0 amide bonds. The maximum absolute atomic E-state index is 10.8. The van der Waals surface area contributed by atoms with Crippen LogP contribution in [-0.2, 0) is 4.79 Å². The first-order valence-corrected chi connectivity index (χ1v) is 5.27. The van der Waals surface area contributed by atoms with Crippen LogP contribution >= 0.6 is 0 Å². The Balaban J connectivity index is 3.91. The Kier molecular flexibility index (Phi) is 8.03. The van der Waals surface area contributed by atoms with E-state index in [1.165, 1.54) is 0 Å². The first-order valence-electron chi connectivity index (χ1n) is 5.27. The summed E-state index contributed by atoms with van der Waals surface area (Å²) >= 11 is 0. The molecule has 0 aromatic heterocycles. The molecule has 0 aliphatic heterocycles. The lowest BCUT2D eigenvalue weighted by molar-refractivity contribution is -0.139. The van der Waals surface area contributed by atoms with Gasteiger partial charge < -0.3 is 32.1 Å². The normalized spacial score (nSPS) is 14.0. The van der Waals surface area contributed by atoms with Gasteiger partial charge in [0, 0.05) is 13.1 Å². The first-order chi connectivity index (χ1) is 7.97. The minimum atomic E-state index is -1.01. The van der Waals surface area contributed by atoms with Crippen LogP contribution in [0.1, 0.15) is 12.8 Å². The van der Waals surface area contributed by atoms with Crippen LogP contribution in [0.25, 0.3) is 0 Å². The maximum atomic E-state index is 10.8. The fraction of sp³-hybridized carbons (Fsp3) is 0.778. The summed E-state index contributed by atoms with van der Waals surface area (Å²) in [6.45, 7) is -0.0283. The van der Waals surface area contributed by atoms with Gasteiger partial charge in [0.25, 0.3) is 0 Å². The van der Waals surface area contributed by atoms with E-state index in [9.17, 15) is 4.79 Å². The van der Waals surface area contributed by atoms with Crippen molar-refractivity contribution in [3.63, 3.8) is 0 Å². The monoisotopic (exact) mass is 248 g/mol. The Bertz CT molecular complexity index is 255. The average molecular weight is 248 g/mol. The van der Waals surface area contributed by atoms with Gasteiger partial charge in [-0.3, -0.25) is 9.79 Å². The summed E-state index contributed by atoms with van der Waals surface area (Å²) in [7, 11) is 0. The highest BCUT2D eigenvalue weighted by Gasteiger charge is 2.17. The van der Waals surface area contributed by atoms with E-state index in [1.54, 1.807) is 0 Å². The van der Waals surface area contributed by atoms with Gasteiger partial charge in [0.15, 0.2) is 5.96 Å². The second-order valence-corrected chi connectivity index (χ2v) is 3.58. The molecule has 0 saturated heterocycles. The van der Waals surface area contributed by atoms with Crippen LogP contribution in [0, 0.1) is 0 Å². The number of rotatable bonds is 9. The zero-order valence-electron chi connectivity index (χ0n) is 9.54. The number of hydrogen-bond acceptors (Lipinski definition) is 5. The molecule has 8 nitrogen and oxygen atoms in total. The zero-order chi connectivity index (χ0) is 13.3. The predicted octanol–water partition coefficient (Wildman–Crippen LogP) is -2.56. The molecule has 100 valence electrons. The lowest BCUT2D eigenvalue weighted by Crippen LogP contribution is -2.41. The standard InChI is InChI=1S/C9H20N4O4/c10-9(11)12-3-1-2-7(8(16)17)13-4-6(15)5-14/h6-7,13-15H,1-5H2,(H,16,17)(H4,10,11,12)/t6?,7-/m0/s1. The molecule has 1 unspecified atom stereocenters. The van der Waals surface area contributed by atoms with Crippen molar-refractivity contribution in [1.82, 2.24) is 5.32 Å². The molecule has 0 radical (unpaired) electrons. The van der Waals surface area contributed by atoms with Gasteiger partial charge >= 0.3 is 5.97 Å². The number of aliphatic hydroxyl groups is 2. The molecule has 0 saturated carbocycles. The van der Waals surface area contributed by atoms with Crippen LogP contribution in [0.3, 0.4) is 0 Å². The van der Waals surface area contributed by atoms with Crippen LogP contribution in [0.4, 0.5) is 0 Å². The van der Waals surface area contributed by atoms with Gasteiger partial charge in [0.2, 0.25) is 0 Å². The highest BCUT2D eigenvalue weighted by Crippen LogP contribution is 1.98.